The molecule has 2 nitrogen and oxygen atoms in total. The van der Waals surface area contributed by atoms with Crippen molar-refractivity contribution in [1.82, 2.24) is 0 Å². The summed E-state index contributed by atoms with van der Waals surface area (Å²) in [6, 6.07) is 0. The van der Waals surface area contributed by atoms with E-state index in [1.54, 1.807) is 0 Å². The molecule has 0 amide bonds. The number of hydrogen-bond donors (Lipinski definition) is 0. The summed E-state index contributed by atoms with van der Waals surface area (Å²) in [4.78, 5) is 4.95. The molecule has 1 heterocycles. The van der Waals surface area contributed by atoms with Gasteiger partial charge in [0.25, 0.3) is 0 Å². The molecule has 2 heteroatoms. The molecule has 50 valence electrons. The molecule has 2 unspecified atom stereocenters. The number of fused-ring (bicyclic) bond motifs is 1. The van der Waals surface area contributed by atoms with Crippen LogP contribution in [-0.4, -0.2) is 12.3 Å². The van der Waals surface area contributed by atoms with E-state index in [9.17, 15) is 0 Å². The Labute approximate surface area is 54.9 Å². The average molecular weight is 125 g/mol. The van der Waals surface area contributed by atoms with Crippen molar-refractivity contribution in [3.8, 4) is 0 Å². The lowest BCUT2D eigenvalue weighted by atomic mass is 10.1. The van der Waals surface area contributed by atoms with Crippen molar-refractivity contribution < 1.29 is 4.84 Å². The summed E-state index contributed by atoms with van der Waals surface area (Å²) in [6.45, 7) is 3.13. The Kier molecular flexibility index (Phi) is 1.01. The third-order valence-corrected chi connectivity index (χ3v) is 2.17. The summed E-state index contributed by atoms with van der Waals surface area (Å²) < 4.78 is 0. The largest absolute Gasteiger partial charge is 0.395 e. The highest BCUT2D eigenvalue weighted by Crippen LogP contribution is 2.31. The highest BCUT2D eigenvalue weighted by atomic mass is 16.6. The molecule has 2 aliphatic rings. The van der Waals surface area contributed by atoms with Crippen molar-refractivity contribution in [2.24, 2.45) is 17.0 Å². The minimum absolute atomic E-state index is 0.681. The first-order valence-electron chi connectivity index (χ1n) is 3.55. The third kappa shape index (κ3) is 0.732. The third-order valence-electron chi connectivity index (χ3n) is 2.17. The predicted molar refractivity (Wildman–Crippen MR) is 35.3 cm³/mol. The van der Waals surface area contributed by atoms with Crippen LogP contribution in [0.1, 0.15) is 19.8 Å². The standard InChI is InChI=1S/C7H11NO/c1-5-2-6-4-9-8-7(6)3-5/h5-6H,2-4H2,1H3. The number of hydrogen-bond acceptors (Lipinski definition) is 2. The Balaban J connectivity index is 2.15. The maximum Gasteiger partial charge on any atom is 0.125 e. The van der Waals surface area contributed by atoms with E-state index in [1.165, 1.54) is 18.6 Å². The molecule has 1 fully saturated rings. The van der Waals surface area contributed by atoms with E-state index < -0.39 is 0 Å². The smallest absolute Gasteiger partial charge is 0.125 e. The molecule has 0 aromatic carbocycles. The fourth-order valence-electron chi connectivity index (χ4n) is 1.71. The van der Waals surface area contributed by atoms with Gasteiger partial charge in [-0.2, -0.15) is 0 Å². The molecule has 1 aliphatic heterocycles. The zero-order chi connectivity index (χ0) is 6.27. The summed E-state index contributed by atoms with van der Waals surface area (Å²) in [5.41, 5.74) is 1.31. The molecular formula is C7H11NO. The van der Waals surface area contributed by atoms with E-state index in [0.717, 1.165) is 12.5 Å². The fourth-order valence-corrected chi connectivity index (χ4v) is 1.71. The molecule has 2 atom stereocenters. The van der Waals surface area contributed by atoms with Gasteiger partial charge in [-0.05, 0) is 18.8 Å². The Bertz CT molecular complexity index is 153. The van der Waals surface area contributed by atoms with Crippen molar-refractivity contribution in [2.45, 2.75) is 19.8 Å². The lowest BCUT2D eigenvalue weighted by molar-refractivity contribution is 0.148. The van der Waals surface area contributed by atoms with Gasteiger partial charge < -0.3 is 4.84 Å². The van der Waals surface area contributed by atoms with E-state index in [-0.39, 0.29) is 0 Å². The first-order valence-corrected chi connectivity index (χ1v) is 3.55. The Morgan fingerprint density at radius 1 is 1.67 bits per heavy atom. The Hall–Kier alpha value is -0.530. The maximum atomic E-state index is 4.95. The monoisotopic (exact) mass is 125 g/mol. The van der Waals surface area contributed by atoms with E-state index >= 15 is 0 Å². The lowest BCUT2D eigenvalue weighted by Crippen LogP contribution is -2.03. The van der Waals surface area contributed by atoms with Crippen LogP contribution in [0.5, 0.6) is 0 Å². The van der Waals surface area contributed by atoms with Gasteiger partial charge in [0.2, 0.25) is 0 Å². The van der Waals surface area contributed by atoms with E-state index in [0.29, 0.717) is 5.92 Å². The second kappa shape index (κ2) is 1.72. The molecule has 0 spiro atoms. The first-order chi connectivity index (χ1) is 4.36. The molecule has 1 aliphatic carbocycles. The molecule has 2 rings (SSSR count). The summed E-state index contributed by atoms with van der Waals surface area (Å²) in [5.74, 6) is 1.53. The summed E-state index contributed by atoms with van der Waals surface area (Å²) in [5, 5.41) is 3.96. The van der Waals surface area contributed by atoms with Gasteiger partial charge in [-0.1, -0.05) is 12.1 Å². The minimum atomic E-state index is 0.681. The average Bonchev–Trinajstić information content (AvgIpc) is 2.22. The van der Waals surface area contributed by atoms with Crippen molar-refractivity contribution in [1.29, 1.82) is 0 Å². The van der Waals surface area contributed by atoms with Crippen LogP contribution in [0.3, 0.4) is 0 Å². The van der Waals surface area contributed by atoms with Crippen LogP contribution in [0.25, 0.3) is 0 Å². The molecule has 0 bridgehead atoms. The number of nitrogens with zero attached hydrogens (tertiary/aromatic N) is 1. The van der Waals surface area contributed by atoms with Crippen LogP contribution in [-0.2, 0) is 4.84 Å². The Morgan fingerprint density at radius 3 is 3.33 bits per heavy atom. The Morgan fingerprint density at radius 2 is 2.56 bits per heavy atom. The molecule has 9 heavy (non-hydrogen) atoms. The van der Waals surface area contributed by atoms with Gasteiger partial charge in [0.05, 0.1) is 5.71 Å². The van der Waals surface area contributed by atoms with Crippen LogP contribution in [0, 0.1) is 11.8 Å². The normalized spacial score (nSPS) is 39.9. The molecule has 0 N–H and O–H groups in total. The molecule has 0 aromatic rings. The molecule has 0 aromatic heterocycles. The summed E-state index contributed by atoms with van der Waals surface area (Å²) in [6.07, 6.45) is 2.46. The van der Waals surface area contributed by atoms with Crippen LogP contribution in [0.4, 0.5) is 0 Å². The topological polar surface area (TPSA) is 21.6 Å². The zero-order valence-corrected chi connectivity index (χ0v) is 5.63. The lowest BCUT2D eigenvalue weighted by Gasteiger charge is -1.98. The minimum Gasteiger partial charge on any atom is -0.395 e. The van der Waals surface area contributed by atoms with Crippen molar-refractivity contribution in [3.05, 3.63) is 0 Å². The second-order valence-electron chi connectivity index (χ2n) is 3.12. The van der Waals surface area contributed by atoms with Gasteiger partial charge in [-0.25, -0.2) is 0 Å². The van der Waals surface area contributed by atoms with Gasteiger partial charge in [0.1, 0.15) is 6.61 Å². The van der Waals surface area contributed by atoms with Gasteiger partial charge in [0, 0.05) is 5.92 Å². The van der Waals surface area contributed by atoms with Crippen molar-refractivity contribution >= 4 is 5.71 Å². The zero-order valence-electron chi connectivity index (χ0n) is 5.63. The number of rotatable bonds is 0. The molecule has 0 radical (unpaired) electrons. The van der Waals surface area contributed by atoms with Gasteiger partial charge in [-0.3, -0.25) is 0 Å². The summed E-state index contributed by atoms with van der Waals surface area (Å²) >= 11 is 0. The van der Waals surface area contributed by atoms with Gasteiger partial charge >= 0.3 is 0 Å². The highest BCUT2D eigenvalue weighted by Gasteiger charge is 2.32. The van der Waals surface area contributed by atoms with E-state index in [2.05, 4.69) is 12.1 Å². The predicted octanol–water partition coefficient (Wildman–Crippen LogP) is 1.42. The molecule has 1 saturated carbocycles. The fraction of sp³-hybridized carbons (Fsp3) is 0.857. The SMILES string of the molecule is CC1CC2=NOCC2C1. The molecular weight excluding hydrogens is 114 g/mol. The van der Waals surface area contributed by atoms with E-state index in [1.807, 2.05) is 0 Å². The van der Waals surface area contributed by atoms with Crippen LogP contribution in [0.2, 0.25) is 0 Å². The van der Waals surface area contributed by atoms with Gasteiger partial charge in [0.15, 0.2) is 0 Å². The van der Waals surface area contributed by atoms with Crippen molar-refractivity contribution in [3.63, 3.8) is 0 Å². The van der Waals surface area contributed by atoms with Gasteiger partial charge in [-0.15, -0.1) is 0 Å². The second-order valence-corrected chi connectivity index (χ2v) is 3.12. The highest BCUT2D eigenvalue weighted by molar-refractivity contribution is 5.89. The van der Waals surface area contributed by atoms with Crippen molar-refractivity contribution in [2.75, 3.05) is 6.61 Å². The maximum absolute atomic E-state index is 4.95. The summed E-state index contributed by atoms with van der Waals surface area (Å²) in [7, 11) is 0. The van der Waals surface area contributed by atoms with Crippen LogP contribution in [0.15, 0.2) is 5.16 Å². The van der Waals surface area contributed by atoms with E-state index in [4.69, 9.17) is 4.84 Å². The van der Waals surface area contributed by atoms with Crippen LogP contribution >= 0.6 is 0 Å². The quantitative estimate of drug-likeness (QED) is 0.479. The van der Waals surface area contributed by atoms with Crippen LogP contribution < -0.4 is 0 Å². The first kappa shape index (κ1) is 5.27. The number of oxime groups is 1. The molecule has 0 saturated heterocycles.